The second-order valence-corrected chi connectivity index (χ2v) is 4.23. The fourth-order valence-electron chi connectivity index (χ4n) is 1.80. The molecule has 0 aliphatic rings. The molecule has 2 rings (SSSR count). The van der Waals surface area contributed by atoms with Crippen molar-refractivity contribution >= 4 is 11.6 Å². The van der Waals surface area contributed by atoms with Crippen LogP contribution < -0.4 is 4.90 Å². The van der Waals surface area contributed by atoms with Crippen molar-refractivity contribution in [3.63, 3.8) is 0 Å². The summed E-state index contributed by atoms with van der Waals surface area (Å²) in [6.07, 6.45) is 2.26. The maximum absolute atomic E-state index is 13.5. The highest BCUT2D eigenvalue weighted by Crippen LogP contribution is 2.17. The van der Waals surface area contributed by atoms with Gasteiger partial charge in [-0.2, -0.15) is 4.39 Å². The van der Waals surface area contributed by atoms with Crippen molar-refractivity contribution in [2.24, 2.45) is 0 Å². The molecule has 0 saturated heterocycles. The van der Waals surface area contributed by atoms with Crippen molar-refractivity contribution in [2.45, 2.75) is 13.3 Å². The van der Waals surface area contributed by atoms with E-state index in [1.807, 2.05) is 24.3 Å². The van der Waals surface area contributed by atoms with E-state index >= 15 is 0 Å². The number of hydrogen-bond acceptors (Lipinski definition) is 2. The van der Waals surface area contributed by atoms with Gasteiger partial charge >= 0.3 is 0 Å². The Morgan fingerprint density at radius 1 is 1.26 bits per heavy atom. The lowest BCUT2D eigenvalue weighted by Crippen LogP contribution is -2.27. The Hall–Kier alpha value is -2.23. The third kappa shape index (κ3) is 2.78. The van der Waals surface area contributed by atoms with Crippen molar-refractivity contribution in [3.8, 4) is 0 Å². The molecule has 0 unspecified atom stereocenters. The summed E-state index contributed by atoms with van der Waals surface area (Å²) < 4.78 is 13.5. The Bertz CT molecular complexity index is 581. The van der Waals surface area contributed by atoms with Crippen LogP contribution in [-0.4, -0.2) is 17.9 Å². The smallest absolute Gasteiger partial charge is 0.262 e. The molecule has 0 aliphatic carbocycles. The number of anilines is 1. The molecule has 0 aliphatic heterocycles. The summed E-state index contributed by atoms with van der Waals surface area (Å²) in [5.41, 5.74) is 1.90. The van der Waals surface area contributed by atoms with Gasteiger partial charge in [0.25, 0.3) is 5.91 Å². The fourth-order valence-corrected chi connectivity index (χ4v) is 1.80. The van der Waals surface area contributed by atoms with Gasteiger partial charge < -0.3 is 4.90 Å². The maximum Gasteiger partial charge on any atom is 0.262 e. The van der Waals surface area contributed by atoms with Crippen LogP contribution in [-0.2, 0) is 6.42 Å². The Balaban J connectivity index is 2.26. The number of carbonyl (C=O) groups is 1. The number of aryl methyl sites for hydroxylation is 1. The first-order chi connectivity index (χ1) is 9.13. The van der Waals surface area contributed by atoms with E-state index in [1.165, 1.54) is 22.7 Å². The molecular formula is C15H15FN2O. The average molecular weight is 258 g/mol. The van der Waals surface area contributed by atoms with Gasteiger partial charge in [-0.15, -0.1) is 0 Å². The molecule has 4 heteroatoms. The molecule has 0 atom stereocenters. The first-order valence-corrected chi connectivity index (χ1v) is 6.11. The van der Waals surface area contributed by atoms with Crippen LogP contribution in [0.15, 0.2) is 42.6 Å². The molecule has 1 aromatic carbocycles. The Kier molecular flexibility index (Phi) is 3.90. The van der Waals surface area contributed by atoms with Crippen LogP contribution in [0.4, 0.5) is 10.1 Å². The molecule has 0 saturated carbocycles. The van der Waals surface area contributed by atoms with Crippen molar-refractivity contribution < 1.29 is 9.18 Å². The number of amides is 1. The average Bonchev–Trinajstić information content (AvgIpc) is 2.46. The molecule has 0 fully saturated rings. The lowest BCUT2D eigenvalue weighted by atomic mass is 10.1. The molecule has 1 heterocycles. The van der Waals surface area contributed by atoms with Crippen molar-refractivity contribution in [3.05, 3.63) is 59.7 Å². The first-order valence-electron chi connectivity index (χ1n) is 6.11. The molecule has 3 nitrogen and oxygen atoms in total. The van der Waals surface area contributed by atoms with E-state index in [0.29, 0.717) is 0 Å². The van der Waals surface area contributed by atoms with E-state index in [4.69, 9.17) is 0 Å². The lowest BCUT2D eigenvalue weighted by molar-refractivity contribution is 0.0988. The molecule has 98 valence electrons. The number of carbonyl (C=O) groups excluding carboxylic acids is 1. The number of benzene rings is 1. The molecule has 0 bridgehead atoms. The van der Waals surface area contributed by atoms with Gasteiger partial charge in [0.15, 0.2) is 0 Å². The summed E-state index contributed by atoms with van der Waals surface area (Å²) in [6.45, 7) is 2.06. The molecule has 2 aromatic rings. The van der Waals surface area contributed by atoms with Crippen molar-refractivity contribution in [2.75, 3.05) is 11.9 Å². The summed E-state index contributed by atoms with van der Waals surface area (Å²) in [5.74, 6) is -1.15. The molecule has 0 N–H and O–H groups in total. The second kappa shape index (κ2) is 5.61. The highest BCUT2D eigenvalue weighted by atomic mass is 19.1. The minimum atomic E-state index is -0.746. The van der Waals surface area contributed by atoms with Crippen LogP contribution in [0.5, 0.6) is 0 Å². The highest BCUT2D eigenvalue weighted by Gasteiger charge is 2.17. The lowest BCUT2D eigenvalue weighted by Gasteiger charge is -2.17. The Labute approximate surface area is 111 Å². The van der Waals surface area contributed by atoms with E-state index < -0.39 is 11.9 Å². The number of pyridine rings is 1. The summed E-state index contributed by atoms with van der Waals surface area (Å²) >= 11 is 0. The van der Waals surface area contributed by atoms with Crippen molar-refractivity contribution in [1.29, 1.82) is 0 Å². The summed E-state index contributed by atoms with van der Waals surface area (Å²) in [5, 5.41) is 0. The zero-order chi connectivity index (χ0) is 13.8. The Morgan fingerprint density at radius 2 is 1.95 bits per heavy atom. The topological polar surface area (TPSA) is 33.2 Å². The number of halogens is 1. The van der Waals surface area contributed by atoms with Crippen LogP contribution in [0.2, 0.25) is 0 Å². The normalized spacial score (nSPS) is 10.3. The molecule has 0 radical (unpaired) electrons. The molecule has 0 spiro atoms. The Morgan fingerprint density at radius 3 is 2.53 bits per heavy atom. The second-order valence-electron chi connectivity index (χ2n) is 4.23. The molecular weight excluding hydrogens is 243 g/mol. The summed E-state index contributed by atoms with van der Waals surface area (Å²) in [6, 6.07) is 10.6. The van der Waals surface area contributed by atoms with Gasteiger partial charge in [-0.05, 0) is 36.2 Å². The summed E-state index contributed by atoms with van der Waals surface area (Å²) in [4.78, 5) is 17.1. The van der Waals surface area contributed by atoms with Gasteiger partial charge in [-0.1, -0.05) is 19.1 Å². The highest BCUT2D eigenvalue weighted by molar-refractivity contribution is 6.05. The number of nitrogens with zero attached hydrogens (tertiary/aromatic N) is 2. The van der Waals surface area contributed by atoms with Gasteiger partial charge in [0.05, 0.1) is 5.56 Å². The van der Waals surface area contributed by atoms with E-state index in [2.05, 4.69) is 11.9 Å². The first kappa shape index (κ1) is 13.2. The molecule has 1 aromatic heterocycles. The van der Waals surface area contributed by atoms with Crippen LogP contribution in [0, 0.1) is 5.95 Å². The zero-order valence-corrected chi connectivity index (χ0v) is 10.9. The zero-order valence-electron chi connectivity index (χ0n) is 10.9. The number of aromatic nitrogens is 1. The van der Waals surface area contributed by atoms with Crippen molar-refractivity contribution in [1.82, 2.24) is 4.98 Å². The largest absolute Gasteiger partial charge is 0.311 e. The number of rotatable bonds is 3. The van der Waals surface area contributed by atoms with E-state index in [1.54, 1.807) is 13.1 Å². The predicted molar refractivity (Wildman–Crippen MR) is 72.7 cm³/mol. The van der Waals surface area contributed by atoms with Crippen LogP contribution in [0.25, 0.3) is 0 Å². The molecule has 19 heavy (non-hydrogen) atoms. The minimum Gasteiger partial charge on any atom is -0.311 e. The maximum atomic E-state index is 13.5. The third-order valence-electron chi connectivity index (χ3n) is 3.03. The van der Waals surface area contributed by atoms with Gasteiger partial charge in [0.1, 0.15) is 0 Å². The van der Waals surface area contributed by atoms with Crippen LogP contribution in [0.3, 0.4) is 0 Å². The standard InChI is InChI=1S/C15H15FN2O/c1-3-11-6-8-12(9-7-11)18(2)15(19)13-5-4-10-17-14(13)16/h4-10H,3H2,1-2H3. The predicted octanol–water partition coefficient (Wildman–Crippen LogP) is 3.06. The van der Waals surface area contributed by atoms with Gasteiger partial charge in [0.2, 0.25) is 5.95 Å². The van der Waals surface area contributed by atoms with Gasteiger partial charge in [-0.3, -0.25) is 4.79 Å². The SMILES string of the molecule is CCc1ccc(N(C)C(=O)c2cccnc2F)cc1. The molecule has 1 amide bonds. The van der Waals surface area contributed by atoms with E-state index in [9.17, 15) is 9.18 Å². The van der Waals surface area contributed by atoms with Crippen LogP contribution >= 0.6 is 0 Å². The number of hydrogen-bond donors (Lipinski definition) is 0. The van der Waals surface area contributed by atoms with Gasteiger partial charge in [-0.25, -0.2) is 4.98 Å². The fraction of sp³-hybridized carbons (Fsp3) is 0.200. The van der Waals surface area contributed by atoms with Crippen LogP contribution in [0.1, 0.15) is 22.8 Å². The monoisotopic (exact) mass is 258 g/mol. The van der Waals surface area contributed by atoms with E-state index in [-0.39, 0.29) is 5.56 Å². The quantitative estimate of drug-likeness (QED) is 0.793. The minimum absolute atomic E-state index is 0.0235. The third-order valence-corrected chi connectivity index (χ3v) is 3.03. The van der Waals surface area contributed by atoms with Gasteiger partial charge in [0, 0.05) is 18.9 Å². The van der Waals surface area contributed by atoms with E-state index in [0.717, 1.165) is 12.1 Å². The summed E-state index contributed by atoms with van der Waals surface area (Å²) in [7, 11) is 1.62.